The van der Waals surface area contributed by atoms with E-state index in [1.54, 1.807) is 0 Å². The predicted molar refractivity (Wildman–Crippen MR) is 85.8 cm³/mol. The average Bonchev–Trinajstić information content (AvgIpc) is 2.46. The van der Waals surface area contributed by atoms with Gasteiger partial charge < -0.3 is 15.5 Å². The smallest absolute Gasteiger partial charge is 0.326 e. The Balaban J connectivity index is 0. The second kappa shape index (κ2) is 15.8. The maximum absolute atomic E-state index is 11.4. The summed E-state index contributed by atoms with van der Waals surface area (Å²) in [6.07, 6.45) is 7.21. The van der Waals surface area contributed by atoms with Gasteiger partial charge in [-0.05, 0) is 6.42 Å². The average molecular weight is 317 g/mol. The van der Waals surface area contributed by atoms with E-state index < -0.39 is 30.3 Å². The Morgan fingerprint density at radius 1 is 0.864 bits per heavy atom. The van der Waals surface area contributed by atoms with Crippen molar-refractivity contribution in [1.82, 2.24) is 5.32 Å². The molecular weight excluding hydrogens is 286 g/mol. The lowest BCUT2D eigenvalue weighted by Crippen LogP contribution is -2.42. The van der Waals surface area contributed by atoms with Crippen molar-refractivity contribution < 1.29 is 24.6 Å². The number of aliphatic carboxylic acids is 2. The molecule has 0 saturated carbocycles. The van der Waals surface area contributed by atoms with Crippen molar-refractivity contribution in [3.05, 3.63) is 0 Å². The summed E-state index contributed by atoms with van der Waals surface area (Å²) in [6, 6.07) is -1.34. The molecule has 0 rings (SSSR count). The topological polar surface area (TPSA) is 104 Å². The lowest BCUT2D eigenvalue weighted by molar-refractivity contribution is -0.147. The van der Waals surface area contributed by atoms with Gasteiger partial charge in [-0.25, -0.2) is 4.79 Å². The quantitative estimate of drug-likeness (QED) is 0.508. The fourth-order valence-electron chi connectivity index (χ4n) is 1.53. The highest BCUT2D eigenvalue weighted by Crippen LogP contribution is 2.05. The van der Waals surface area contributed by atoms with E-state index in [9.17, 15) is 14.4 Å². The lowest BCUT2D eigenvalue weighted by atomic mass is 10.1. The number of carboxylic acids is 2. The summed E-state index contributed by atoms with van der Waals surface area (Å²) in [5.74, 6) is -2.97. The standard InChI is InChI=1S/C12H21NO5.C4H10/c1-2-3-4-5-6-7-10(14)13-9(12(17)18)8-11(15)16;1-3-4-2/h9H,2-8H2,1H3,(H,13,14)(H,15,16)(H,17,18);3-4H2,1-2H3. The van der Waals surface area contributed by atoms with Crippen LogP contribution in [0.3, 0.4) is 0 Å². The van der Waals surface area contributed by atoms with E-state index in [-0.39, 0.29) is 6.42 Å². The summed E-state index contributed by atoms with van der Waals surface area (Å²) in [7, 11) is 0. The maximum atomic E-state index is 11.4. The van der Waals surface area contributed by atoms with Gasteiger partial charge in [-0.3, -0.25) is 9.59 Å². The Morgan fingerprint density at radius 2 is 1.41 bits per heavy atom. The Bertz CT molecular complexity index is 316. The van der Waals surface area contributed by atoms with Gasteiger partial charge in [0, 0.05) is 6.42 Å². The molecule has 6 nitrogen and oxygen atoms in total. The second-order valence-corrected chi connectivity index (χ2v) is 5.22. The van der Waals surface area contributed by atoms with E-state index in [1.165, 1.54) is 12.8 Å². The van der Waals surface area contributed by atoms with Crippen molar-refractivity contribution in [3.63, 3.8) is 0 Å². The predicted octanol–water partition coefficient (Wildman–Crippen LogP) is 3.20. The van der Waals surface area contributed by atoms with Gasteiger partial charge in [0.15, 0.2) is 0 Å². The van der Waals surface area contributed by atoms with Crippen LogP contribution in [0.4, 0.5) is 0 Å². The van der Waals surface area contributed by atoms with E-state index in [0.29, 0.717) is 6.42 Å². The van der Waals surface area contributed by atoms with Gasteiger partial charge in [0.05, 0.1) is 6.42 Å². The largest absolute Gasteiger partial charge is 0.481 e. The number of nitrogens with one attached hydrogen (secondary N) is 1. The number of carbonyl (C=O) groups is 3. The van der Waals surface area contributed by atoms with Gasteiger partial charge in [-0.2, -0.15) is 0 Å². The first-order valence-electron chi connectivity index (χ1n) is 8.12. The van der Waals surface area contributed by atoms with E-state index in [1.807, 2.05) is 0 Å². The van der Waals surface area contributed by atoms with Crippen LogP contribution >= 0.6 is 0 Å². The zero-order valence-corrected chi connectivity index (χ0v) is 14.1. The molecule has 22 heavy (non-hydrogen) atoms. The van der Waals surface area contributed by atoms with Gasteiger partial charge in [-0.1, -0.05) is 59.3 Å². The minimum Gasteiger partial charge on any atom is -0.481 e. The molecule has 0 bridgehead atoms. The van der Waals surface area contributed by atoms with Gasteiger partial charge >= 0.3 is 11.9 Å². The van der Waals surface area contributed by atoms with Crippen molar-refractivity contribution in [1.29, 1.82) is 0 Å². The third-order valence-corrected chi connectivity index (χ3v) is 3.02. The molecule has 0 heterocycles. The lowest BCUT2D eigenvalue weighted by Gasteiger charge is -2.12. The Morgan fingerprint density at radius 3 is 1.82 bits per heavy atom. The molecule has 0 saturated heterocycles. The summed E-state index contributed by atoms with van der Waals surface area (Å²) in [5.41, 5.74) is 0. The van der Waals surface area contributed by atoms with Crippen LogP contribution in [0.25, 0.3) is 0 Å². The van der Waals surface area contributed by atoms with Crippen LogP contribution in [-0.2, 0) is 14.4 Å². The molecule has 0 aliphatic rings. The fourth-order valence-corrected chi connectivity index (χ4v) is 1.53. The Kier molecular flexibility index (Phi) is 16.3. The highest BCUT2D eigenvalue weighted by Gasteiger charge is 2.22. The summed E-state index contributed by atoms with van der Waals surface area (Å²) >= 11 is 0. The van der Waals surface area contributed by atoms with Gasteiger partial charge in [-0.15, -0.1) is 0 Å². The highest BCUT2D eigenvalue weighted by atomic mass is 16.4. The number of unbranched alkanes of at least 4 members (excludes halogenated alkanes) is 5. The van der Waals surface area contributed by atoms with E-state index >= 15 is 0 Å². The molecule has 0 aliphatic carbocycles. The molecule has 0 aromatic rings. The van der Waals surface area contributed by atoms with Crippen molar-refractivity contribution in [3.8, 4) is 0 Å². The number of carboxylic acid groups (broad SMARTS) is 2. The Labute approximate surface area is 133 Å². The van der Waals surface area contributed by atoms with Crippen LogP contribution in [0, 0.1) is 0 Å². The first kappa shape index (κ1) is 22.7. The van der Waals surface area contributed by atoms with Crippen LogP contribution in [0.15, 0.2) is 0 Å². The van der Waals surface area contributed by atoms with E-state index in [2.05, 4.69) is 26.1 Å². The van der Waals surface area contributed by atoms with Crippen LogP contribution in [0.2, 0.25) is 0 Å². The molecule has 3 N–H and O–H groups in total. The molecule has 130 valence electrons. The summed E-state index contributed by atoms with van der Waals surface area (Å²) in [4.78, 5) is 32.5. The first-order chi connectivity index (χ1) is 10.4. The molecule has 1 amide bonds. The summed E-state index contributed by atoms with van der Waals surface area (Å²) in [6.45, 7) is 6.45. The SMILES string of the molecule is CCCC.CCCCCCCC(=O)NC(CC(=O)O)C(=O)O. The number of amides is 1. The number of hydrogen-bond acceptors (Lipinski definition) is 3. The molecular formula is C16H31NO5. The number of rotatable bonds is 11. The highest BCUT2D eigenvalue weighted by molar-refractivity contribution is 5.86. The summed E-state index contributed by atoms with van der Waals surface area (Å²) in [5, 5.41) is 19.5. The zero-order valence-electron chi connectivity index (χ0n) is 14.1. The molecule has 0 aliphatic heterocycles. The molecule has 0 spiro atoms. The van der Waals surface area contributed by atoms with Gasteiger partial charge in [0.25, 0.3) is 0 Å². The van der Waals surface area contributed by atoms with Gasteiger partial charge in [0.2, 0.25) is 5.91 Å². The molecule has 0 fully saturated rings. The minimum absolute atomic E-state index is 0.243. The van der Waals surface area contributed by atoms with Gasteiger partial charge in [0.1, 0.15) is 6.04 Å². The van der Waals surface area contributed by atoms with Crippen LogP contribution < -0.4 is 5.32 Å². The zero-order chi connectivity index (χ0) is 17.4. The summed E-state index contributed by atoms with van der Waals surface area (Å²) < 4.78 is 0. The van der Waals surface area contributed by atoms with Crippen molar-refractivity contribution >= 4 is 17.8 Å². The molecule has 0 aromatic heterocycles. The normalized spacial score (nSPS) is 11.0. The molecule has 6 heteroatoms. The van der Waals surface area contributed by atoms with Crippen molar-refractivity contribution in [2.24, 2.45) is 0 Å². The first-order valence-corrected chi connectivity index (χ1v) is 8.12. The Hall–Kier alpha value is -1.59. The number of carbonyl (C=O) groups excluding carboxylic acids is 1. The van der Waals surface area contributed by atoms with Crippen molar-refractivity contribution in [2.45, 2.75) is 84.6 Å². The van der Waals surface area contributed by atoms with Crippen LogP contribution in [0.5, 0.6) is 0 Å². The third-order valence-electron chi connectivity index (χ3n) is 3.02. The molecule has 1 atom stereocenters. The number of hydrogen-bond donors (Lipinski definition) is 3. The third kappa shape index (κ3) is 16.5. The van der Waals surface area contributed by atoms with Crippen molar-refractivity contribution in [2.75, 3.05) is 0 Å². The van der Waals surface area contributed by atoms with E-state index in [0.717, 1.165) is 25.7 Å². The maximum Gasteiger partial charge on any atom is 0.326 e. The molecule has 0 aromatic carbocycles. The minimum atomic E-state index is -1.34. The van der Waals surface area contributed by atoms with E-state index in [4.69, 9.17) is 10.2 Å². The molecule has 1 unspecified atom stereocenters. The monoisotopic (exact) mass is 317 g/mol. The second-order valence-electron chi connectivity index (χ2n) is 5.22. The fraction of sp³-hybridized carbons (Fsp3) is 0.812. The molecule has 0 radical (unpaired) electrons. The van der Waals surface area contributed by atoms with Crippen LogP contribution in [-0.4, -0.2) is 34.1 Å². The van der Waals surface area contributed by atoms with Crippen LogP contribution in [0.1, 0.15) is 78.6 Å².